The van der Waals surface area contributed by atoms with Crippen LogP contribution in [0.25, 0.3) is 0 Å². The summed E-state index contributed by atoms with van der Waals surface area (Å²) in [4.78, 5) is 3.02. The first kappa shape index (κ1) is 13.2. The zero-order valence-corrected chi connectivity index (χ0v) is 13.0. The van der Waals surface area contributed by atoms with E-state index >= 15 is 0 Å². The van der Waals surface area contributed by atoms with E-state index in [1.807, 2.05) is 23.5 Å². The number of phenols is 1. The van der Waals surface area contributed by atoms with Gasteiger partial charge in [0, 0.05) is 22.8 Å². The van der Waals surface area contributed by atoms with Gasteiger partial charge in [-0.25, -0.2) is 0 Å². The summed E-state index contributed by atoms with van der Waals surface area (Å²) in [6.07, 6.45) is 3.86. The molecule has 1 heterocycles. The van der Waals surface area contributed by atoms with E-state index in [9.17, 15) is 5.11 Å². The Labute approximate surface area is 125 Å². The van der Waals surface area contributed by atoms with Crippen LogP contribution in [0.15, 0.2) is 28.7 Å². The van der Waals surface area contributed by atoms with Crippen LogP contribution in [0.5, 0.6) is 5.75 Å². The third-order valence-electron chi connectivity index (χ3n) is 3.44. The number of rotatable bonds is 4. The number of thiophene rings is 1. The molecular formula is C15H16BrNOS. The van der Waals surface area contributed by atoms with Gasteiger partial charge < -0.3 is 10.4 Å². The van der Waals surface area contributed by atoms with E-state index < -0.39 is 0 Å². The molecule has 1 aromatic heterocycles. The van der Waals surface area contributed by atoms with Crippen LogP contribution >= 0.6 is 27.3 Å². The van der Waals surface area contributed by atoms with E-state index in [-0.39, 0.29) is 0 Å². The van der Waals surface area contributed by atoms with Crippen molar-refractivity contribution in [3.8, 4) is 5.75 Å². The molecule has 0 amide bonds. The number of fused-ring (bicyclic) bond motifs is 1. The van der Waals surface area contributed by atoms with Crippen LogP contribution in [0, 0.1) is 0 Å². The van der Waals surface area contributed by atoms with Crippen LogP contribution in [-0.2, 0) is 25.9 Å². The molecule has 0 atom stereocenters. The lowest BCUT2D eigenvalue weighted by Gasteiger charge is -2.05. The molecule has 2 nitrogen and oxygen atoms in total. The van der Waals surface area contributed by atoms with Gasteiger partial charge in [-0.2, -0.15) is 0 Å². The van der Waals surface area contributed by atoms with Gasteiger partial charge >= 0.3 is 0 Å². The van der Waals surface area contributed by atoms with Crippen LogP contribution in [0.3, 0.4) is 0 Å². The summed E-state index contributed by atoms with van der Waals surface area (Å²) in [5.41, 5.74) is 2.74. The topological polar surface area (TPSA) is 32.3 Å². The maximum atomic E-state index is 9.45. The predicted octanol–water partition coefficient (Wildman–Crippen LogP) is 3.99. The van der Waals surface area contributed by atoms with E-state index in [1.165, 1.54) is 29.7 Å². The normalized spacial score (nSPS) is 13.7. The lowest BCUT2D eigenvalue weighted by molar-refractivity contribution is 0.471. The second kappa shape index (κ2) is 5.65. The number of halogens is 1. The fourth-order valence-electron chi connectivity index (χ4n) is 2.47. The average Bonchev–Trinajstić information content (AvgIpc) is 2.94. The summed E-state index contributed by atoms with van der Waals surface area (Å²) in [5.74, 6) is 0.290. The third kappa shape index (κ3) is 3.02. The third-order valence-corrected chi connectivity index (χ3v) is 5.31. The first-order chi connectivity index (χ1) is 9.22. The zero-order chi connectivity index (χ0) is 13.2. The summed E-state index contributed by atoms with van der Waals surface area (Å²) in [5, 5.41) is 12.9. The lowest BCUT2D eigenvalue weighted by atomic mass is 10.2. The Balaban J connectivity index is 1.56. The summed E-state index contributed by atoms with van der Waals surface area (Å²) >= 11 is 5.29. The smallest absolute Gasteiger partial charge is 0.129 e. The number of benzene rings is 1. The molecule has 2 aromatic rings. The number of hydrogen-bond donors (Lipinski definition) is 2. The molecule has 1 aliphatic rings. The Morgan fingerprint density at radius 1 is 1.21 bits per heavy atom. The van der Waals surface area contributed by atoms with E-state index in [0.29, 0.717) is 5.75 Å². The maximum absolute atomic E-state index is 9.45. The lowest BCUT2D eigenvalue weighted by Crippen LogP contribution is -2.11. The maximum Gasteiger partial charge on any atom is 0.129 e. The largest absolute Gasteiger partial charge is 0.507 e. The van der Waals surface area contributed by atoms with Gasteiger partial charge in [0.15, 0.2) is 0 Å². The fourth-order valence-corrected chi connectivity index (χ4v) is 4.12. The second-order valence-corrected chi connectivity index (χ2v) is 6.98. The molecule has 4 heteroatoms. The van der Waals surface area contributed by atoms with Crippen molar-refractivity contribution in [2.75, 3.05) is 0 Å². The second-order valence-electron chi connectivity index (χ2n) is 4.90. The zero-order valence-electron chi connectivity index (χ0n) is 10.6. The van der Waals surface area contributed by atoms with E-state index in [0.717, 1.165) is 17.6 Å². The molecule has 0 radical (unpaired) electrons. The molecular weight excluding hydrogens is 322 g/mol. The van der Waals surface area contributed by atoms with Crippen LogP contribution in [0.2, 0.25) is 0 Å². The molecule has 100 valence electrons. The summed E-state index contributed by atoms with van der Waals surface area (Å²) in [6, 6.07) is 7.98. The summed E-state index contributed by atoms with van der Waals surface area (Å²) in [6.45, 7) is 1.75. The predicted molar refractivity (Wildman–Crippen MR) is 82.7 cm³/mol. The molecule has 2 N–H and O–H groups in total. The Morgan fingerprint density at radius 3 is 2.89 bits per heavy atom. The monoisotopic (exact) mass is 337 g/mol. The van der Waals surface area contributed by atoms with Crippen molar-refractivity contribution in [1.29, 1.82) is 0 Å². The molecule has 3 rings (SSSR count). The minimum Gasteiger partial charge on any atom is -0.507 e. The van der Waals surface area contributed by atoms with Crippen molar-refractivity contribution in [3.05, 3.63) is 49.6 Å². The number of nitrogens with one attached hydrogen (secondary N) is 1. The molecule has 0 aliphatic heterocycles. The first-order valence-electron chi connectivity index (χ1n) is 6.51. The van der Waals surface area contributed by atoms with Crippen molar-refractivity contribution in [2.24, 2.45) is 0 Å². The molecule has 0 fully saturated rings. The highest BCUT2D eigenvalue weighted by molar-refractivity contribution is 9.10. The molecule has 1 aliphatic carbocycles. The summed E-state index contributed by atoms with van der Waals surface area (Å²) in [7, 11) is 0. The van der Waals surface area contributed by atoms with Gasteiger partial charge in [-0.05, 0) is 64.5 Å². The molecule has 0 spiro atoms. The molecule has 19 heavy (non-hydrogen) atoms. The highest BCUT2D eigenvalue weighted by atomic mass is 79.9. The quantitative estimate of drug-likeness (QED) is 0.883. The first-order valence-corrected chi connectivity index (χ1v) is 8.12. The van der Waals surface area contributed by atoms with Crippen molar-refractivity contribution in [2.45, 2.75) is 32.4 Å². The van der Waals surface area contributed by atoms with E-state index in [4.69, 9.17) is 0 Å². The molecule has 1 aromatic carbocycles. The van der Waals surface area contributed by atoms with Gasteiger partial charge in [0.05, 0.1) is 4.47 Å². The Kier molecular flexibility index (Phi) is 3.91. The van der Waals surface area contributed by atoms with Crippen LogP contribution in [0.1, 0.15) is 27.3 Å². The minimum absolute atomic E-state index is 0.290. The number of phenolic OH excluding ortho intramolecular Hbond substituents is 1. The summed E-state index contributed by atoms with van der Waals surface area (Å²) < 4.78 is 0.752. The molecule has 0 unspecified atom stereocenters. The van der Waals surface area contributed by atoms with Crippen molar-refractivity contribution in [1.82, 2.24) is 5.32 Å². The van der Waals surface area contributed by atoms with Gasteiger partial charge in [-0.15, -0.1) is 11.3 Å². The highest BCUT2D eigenvalue weighted by Gasteiger charge is 2.14. The van der Waals surface area contributed by atoms with Gasteiger partial charge in [0.2, 0.25) is 0 Å². The minimum atomic E-state index is 0.290. The van der Waals surface area contributed by atoms with Crippen LogP contribution in [0.4, 0.5) is 0 Å². The number of aryl methyl sites for hydroxylation is 2. The highest BCUT2D eigenvalue weighted by Crippen LogP contribution is 2.30. The van der Waals surface area contributed by atoms with Crippen molar-refractivity contribution in [3.63, 3.8) is 0 Å². The van der Waals surface area contributed by atoms with E-state index in [1.54, 1.807) is 16.5 Å². The standard InChI is InChI=1S/C15H16BrNOS/c16-13-6-10(4-5-14(13)18)8-17-9-12-7-11-2-1-3-15(11)19-12/h4-7,17-18H,1-3,8-9H2. The molecule has 0 saturated carbocycles. The average molecular weight is 338 g/mol. The SMILES string of the molecule is Oc1ccc(CNCc2cc3c(s2)CCC3)cc1Br. The Morgan fingerprint density at radius 2 is 2.11 bits per heavy atom. The van der Waals surface area contributed by atoms with Gasteiger partial charge in [0.1, 0.15) is 5.75 Å². The molecule has 0 saturated heterocycles. The molecule has 0 bridgehead atoms. The number of hydrogen-bond acceptors (Lipinski definition) is 3. The number of aromatic hydroxyl groups is 1. The van der Waals surface area contributed by atoms with Gasteiger partial charge in [-0.1, -0.05) is 6.07 Å². The van der Waals surface area contributed by atoms with Crippen molar-refractivity contribution >= 4 is 27.3 Å². The van der Waals surface area contributed by atoms with Crippen molar-refractivity contribution < 1.29 is 5.11 Å². The Hall–Kier alpha value is -0.840. The van der Waals surface area contributed by atoms with Crippen LogP contribution < -0.4 is 5.32 Å². The van der Waals surface area contributed by atoms with E-state index in [2.05, 4.69) is 27.3 Å². The Bertz CT molecular complexity index is 572. The van der Waals surface area contributed by atoms with Gasteiger partial charge in [0.25, 0.3) is 0 Å². The van der Waals surface area contributed by atoms with Gasteiger partial charge in [-0.3, -0.25) is 0 Å². The van der Waals surface area contributed by atoms with Crippen LogP contribution in [-0.4, -0.2) is 5.11 Å². The fraction of sp³-hybridized carbons (Fsp3) is 0.333.